The first-order valence-corrected chi connectivity index (χ1v) is 16.5. The second kappa shape index (κ2) is 11.6. The average Bonchev–Trinajstić information content (AvgIpc) is 3.40. The van der Waals surface area contributed by atoms with Gasteiger partial charge < -0.3 is 11.1 Å². The van der Waals surface area contributed by atoms with Crippen molar-refractivity contribution in [2.45, 2.75) is 50.8 Å². The van der Waals surface area contributed by atoms with Crippen molar-refractivity contribution in [3.63, 3.8) is 0 Å². The molecule has 222 valence electrons. The number of halogens is 1. The summed E-state index contributed by atoms with van der Waals surface area (Å²) in [6.07, 6.45) is 7.09. The molecule has 2 aromatic heterocycles. The Hall–Kier alpha value is -3.92. The van der Waals surface area contributed by atoms with E-state index >= 15 is 0 Å². The Morgan fingerprint density at radius 2 is 1.81 bits per heavy atom. The van der Waals surface area contributed by atoms with E-state index in [1.807, 2.05) is 43.6 Å². The molecule has 5 aromatic rings. The molecule has 8 nitrogen and oxygen atoms in total. The Morgan fingerprint density at radius 3 is 2.51 bits per heavy atom. The third-order valence-corrected chi connectivity index (χ3v) is 9.72. The van der Waals surface area contributed by atoms with E-state index in [4.69, 9.17) is 22.3 Å². The lowest BCUT2D eigenvalue weighted by atomic mass is 9.93. The molecule has 1 aliphatic carbocycles. The number of aromatic nitrogens is 3. The molecule has 0 saturated carbocycles. The minimum atomic E-state index is -3.75. The van der Waals surface area contributed by atoms with Crippen LogP contribution in [0.15, 0.2) is 72.9 Å². The lowest BCUT2D eigenvalue weighted by Gasteiger charge is -2.22. The van der Waals surface area contributed by atoms with Gasteiger partial charge >= 0.3 is 0 Å². The Balaban J connectivity index is 1.48. The summed E-state index contributed by atoms with van der Waals surface area (Å²) < 4.78 is 31.4. The van der Waals surface area contributed by atoms with Gasteiger partial charge in [-0.2, -0.15) is 0 Å². The van der Waals surface area contributed by atoms with Crippen molar-refractivity contribution in [1.29, 1.82) is 0 Å². The van der Waals surface area contributed by atoms with Gasteiger partial charge in [0.05, 0.1) is 23.3 Å². The molecule has 0 amide bonds. The standard InChI is InChI=1S/C33H35ClN6O2S/c1-20(2)33-38-30(31-32(35)37-18-29(40(31)33)21-12-14-23(36-3)15-13-21)26-16-17-28(25-10-6-5-9-24(25)26)39-43(41,42)19-22-8-4-7-11-27(22)34/h4-12,16-18,20,23,36,39H,13-15,19H2,1-3H3,(H2,35,37). The maximum atomic E-state index is 13.2. The Morgan fingerprint density at radius 1 is 1.07 bits per heavy atom. The molecule has 6 rings (SSSR count). The van der Waals surface area contributed by atoms with Crippen molar-refractivity contribution in [3.8, 4) is 11.3 Å². The lowest BCUT2D eigenvalue weighted by Crippen LogP contribution is -2.26. The number of hydrogen-bond acceptors (Lipinski definition) is 6. The summed E-state index contributed by atoms with van der Waals surface area (Å²) in [7, 11) is -1.74. The third-order valence-electron chi connectivity index (χ3n) is 8.13. The van der Waals surface area contributed by atoms with E-state index in [0.717, 1.165) is 58.3 Å². The Bertz CT molecular complexity index is 1980. The van der Waals surface area contributed by atoms with Crippen LogP contribution in [-0.2, 0) is 15.8 Å². The molecule has 0 bridgehead atoms. The van der Waals surface area contributed by atoms with Crippen LogP contribution in [0.4, 0.5) is 11.5 Å². The molecule has 2 heterocycles. The van der Waals surface area contributed by atoms with Crippen LogP contribution in [0.25, 0.3) is 33.1 Å². The van der Waals surface area contributed by atoms with Gasteiger partial charge in [0.25, 0.3) is 0 Å². The van der Waals surface area contributed by atoms with E-state index < -0.39 is 10.0 Å². The molecule has 0 fully saturated rings. The minimum Gasteiger partial charge on any atom is -0.382 e. The van der Waals surface area contributed by atoms with Crippen LogP contribution in [0.2, 0.25) is 5.02 Å². The van der Waals surface area contributed by atoms with Gasteiger partial charge in [0.15, 0.2) is 0 Å². The highest BCUT2D eigenvalue weighted by Crippen LogP contribution is 2.40. The highest BCUT2D eigenvalue weighted by molar-refractivity contribution is 7.92. The zero-order valence-electron chi connectivity index (χ0n) is 24.4. The van der Waals surface area contributed by atoms with E-state index in [-0.39, 0.29) is 11.7 Å². The molecule has 3 aromatic carbocycles. The fourth-order valence-corrected chi connectivity index (χ4v) is 7.44. The molecular weight excluding hydrogens is 580 g/mol. The summed E-state index contributed by atoms with van der Waals surface area (Å²) in [6.45, 7) is 4.25. The second-order valence-electron chi connectivity index (χ2n) is 11.3. The molecule has 0 saturated heterocycles. The van der Waals surface area contributed by atoms with Crippen LogP contribution in [-0.4, -0.2) is 35.9 Å². The van der Waals surface area contributed by atoms with Crippen LogP contribution in [0.3, 0.4) is 0 Å². The number of anilines is 2. The number of sulfonamides is 1. The molecule has 1 atom stereocenters. The molecule has 1 unspecified atom stereocenters. The molecule has 0 radical (unpaired) electrons. The van der Waals surface area contributed by atoms with Gasteiger partial charge in [0, 0.05) is 27.9 Å². The van der Waals surface area contributed by atoms with Crippen molar-refractivity contribution in [2.75, 3.05) is 17.5 Å². The van der Waals surface area contributed by atoms with Gasteiger partial charge in [0.2, 0.25) is 10.0 Å². The number of nitrogen functional groups attached to an aromatic ring is 1. The SMILES string of the molecule is CNC1CC=C(c2cnc(N)c3c(-c4ccc(NS(=O)(=O)Cc5ccccc5Cl)c5ccccc45)nc(C(C)C)n23)CC1. The molecule has 43 heavy (non-hydrogen) atoms. The topological polar surface area (TPSA) is 114 Å². The molecule has 1 aliphatic rings. The molecular formula is C33H35ClN6O2S. The summed E-state index contributed by atoms with van der Waals surface area (Å²) >= 11 is 6.25. The lowest BCUT2D eigenvalue weighted by molar-refractivity contribution is 0.522. The minimum absolute atomic E-state index is 0.123. The second-order valence-corrected chi connectivity index (χ2v) is 13.5. The first-order chi connectivity index (χ1) is 20.7. The van der Waals surface area contributed by atoms with E-state index in [2.05, 4.69) is 39.3 Å². The number of allylic oxidation sites excluding steroid dienone is 1. The van der Waals surface area contributed by atoms with E-state index in [9.17, 15) is 8.42 Å². The molecule has 10 heteroatoms. The summed E-state index contributed by atoms with van der Waals surface area (Å²) in [6, 6.07) is 18.8. The zero-order chi connectivity index (χ0) is 30.3. The maximum absolute atomic E-state index is 13.2. The fourth-order valence-electron chi connectivity index (χ4n) is 5.92. The van der Waals surface area contributed by atoms with E-state index in [0.29, 0.717) is 28.1 Å². The molecule has 0 spiro atoms. The smallest absolute Gasteiger partial charge is 0.236 e. The number of nitrogens with one attached hydrogen (secondary N) is 2. The predicted octanol–water partition coefficient (Wildman–Crippen LogP) is 7.01. The highest BCUT2D eigenvalue weighted by Gasteiger charge is 2.25. The van der Waals surface area contributed by atoms with Gasteiger partial charge in [-0.3, -0.25) is 9.12 Å². The summed E-state index contributed by atoms with van der Waals surface area (Å²) in [4.78, 5) is 9.81. The molecule has 4 N–H and O–H groups in total. The van der Waals surface area contributed by atoms with Crippen molar-refractivity contribution in [3.05, 3.63) is 95.0 Å². The van der Waals surface area contributed by atoms with Crippen LogP contribution >= 0.6 is 11.6 Å². The summed E-state index contributed by atoms with van der Waals surface area (Å²) in [5.74, 6) is 1.19. The van der Waals surface area contributed by atoms with Crippen LogP contribution in [0.5, 0.6) is 0 Å². The monoisotopic (exact) mass is 614 g/mol. The number of nitrogens with zero attached hydrogens (tertiary/aromatic N) is 3. The quantitative estimate of drug-likeness (QED) is 0.173. The van der Waals surface area contributed by atoms with Crippen molar-refractivity contribution in [1.82, 2.24) is 19.7 Å². The zero-order valence-corrected chi connectivity index (χ0v) is 26.0. The van der Waals surface area contributed by atoms with Gasteiger partial charge in [-0.25, -0.2) is 18.4 Å². The first-order valence-electron chi connectivity index (χ1n) is 14.5. The Labute approximate surface area is 257 Å². The Kier molecular flexibility index (Phi) is 7.89. The maximum Gasteiger partial charge on any atom is 0.236 e. The first kappa shape index (κ1) is 29.2. The predicted molar refractivity (Wildman–Crippen MR) is 177 cm³/mol. The van der Waals surface area contributed by atoms with Crippen LogP contribution < -0.4 is 15.8 Å². The normalized spacial score (nSPS) is 15.7. The number of hydrogen-bond donors (Lipinski definition) is 3. The number of fused-ring (bicyclic) bond motifs is 2. The van der Waals surface area contributed by atoms with Crippen molar-refractivity contribution >= 4 is 55.0 Å². The third kappa shape index (κ3) is 5.60. The van der Waals surface area contributed by atoms with Crippen LogP contribution in [0, 0.1) is 0 Å². The fraction of sp³-hybridized carbons (Fsp3) is 0.273. The van der Waals surface area contributed by atoms with E-state index in [1.165, 1.54) is 5.57 Å². The van der Waals surface area contributed by atoms with Gasteiger partial charge in [0.1, 0.15) is 22.9 Å². The van der Waals surface area contributed by atoms with Crippen LogP contribution in [0.1, 0.15) is 56.1 Å². The van der Waals surface area contributed by atoms with Crippen molar-refractivity contribution in [2.24, 2.45) is 0 Å². The highest BCUT2D eigenvalue weighted by atomic mass is 35.5. The average molecular weight is 615 g/mol. The molecule has 0 aliphatic heterocycles. The number of rotatable bonds is 8. The number of imidazole rings is 1. The van der Waals surface area contributed by atoms with Crippen molar-refractivity contribution < 1.29 is 8.42 Å². The van der Waals surface area contributed by atoms with Gasteiger partial charge in [-0.15, -0.1) is 0 Å². The largest absolute Gasteiger partial charge is 0.382 e. The number of benzene rings is 3. The number of nitrogens with two attached hydrogens (primary N) is 1. The summed E-state index contributed by atoms with van der Waals surface area (Å²) in [5.41, 5.74) is 12.2. The summed E-state index contributed by atoms with van der Waals surface area (Å²) in [5, 5.41) is 5.40. The van der Waals surface area contributed by atoms with E-state index in [1.54, 1.807) is 30.3 Å². The van der Waals surface area contributed by atoms with Gasteiger partial charge in [-0.05, 0) is 61.0 Å². The van der Waals surface area contributed by atoms with Gasteiger partial charge in [-0.1, -0.05) is 74.0 Å².